The summed E-state index contributed by atoms with van der Waals surface area (Å²) in [6.45, 7) is 4.13. The van der Waals surface area contributed by atoms with E-state index in [-0.39, 0.29) is 5.52 Å². The summed E-state index contributed by atoms with van der Waals surface area (Å²) in [4.78, 5) is 13.4. The third-order valence-electron chi connectivity index (χ3n) is 3.42. The van der Waals surface area contributed by atoms with Crippen LogP contribution in [0.25, 0.3) is 22.6 Å². The molecule has 0 amide bonds. The molecule has 0 saturated carbocycles. The van der Waals surface area contributed by atoms with Crippen LogP contribution in [-0.4, -0.2) is 24.8 Å². The van der Waals surface area contributed by atoms with E-state index in [4.69, 9.17) is 0 Å². The van der Waals surface area contributed by atoms with Crippen LogP contribution in [0.15, 0.2) is 35.6 Å². The highest BCUT2D eigenvalue weighted by atomic mass is 32.2. The molecule has 0 atom stereocenters. The number of aryl methyl sites for hydroxylation is 1. The SMILES string of the molecule is CC(C)Sc1cnccc1-c1nc2cc(C(F)(F)F)cnc2n1C. The van der Waals surface area contributed by atoms with Crippen molar-refractivity contribution in [1.82, 2.24) is 19.5 Å². The van der Waals surface area contributed by atoms with Gasteiger partial charge in [-0.15, -0.1) is 11.8 Å². The number of imidazole rings is 1. The molecule has 0 aromatic carbocycles. The molecule has 0 aliphatic heterocycles. The van der Waals surface area contributed by atoms with Crippen molar-refractivity contribution >= 4 is 22.9 Å². The molecule has 24 heavy (non-hydrogen) atoms. The minimum absolute atomic E-state index is 0.222. The van der Waals surface area contributed by atoms with Crippen LogP contribution in [0.5, 0.6) is 0 Å². The van der Waals surface area contributed by atoms with Gasteiger partial charge in [0.25, 0.3) is 0 Å². The molecule has 3 aromatic rings. The monoisotopic (exact) mass is 352 g/mol. The van der Waals surface area contributed by atoms with Crippen molar-refractivity contribution in [2.45, 2.75) is 30.2 Å². The predicted molar refractivity (Wildman–Crippen MR) is 87.7 cm³/mol. The molecular weight excluding hydrogens is 337 g/mol. The van der Waals surface area contributed by atoms with Gasteiger partial charge in [0, 0.05) is 41.3 Å². The molecule has 0 N–H and O–H groups in total. The Bertz CT molecular complexity index is 887. The van der Waals surface area contributed by atoms with Crippen LogP contribution in [0.4, 0.5) is 13.2 Å². The standard InChI is InChI=1S/C16H15F3N4S/c1-9(2)24-13-8-20-5-4-11(13)14-22-12-6-10(16(17,18)19)7-21-15(12)23(14)3/h4-9H,1-3H3. The summed E-state index contributed by atoms with van der Waals surface area (Å²) in [6, 6.07) is 2.85. The maximum Gasteiger partial charge on any atom is 0.417 e. The summed E-state index contributed by atoms with van der Waals surface area (Å²) in [6.07, 6.45) is -0.208. The fourth-order valence-electron chi connectivity index (χ4n) is 2.38. The van der Waals surface area contributed by atoms with E-state index in [2.05, 4.69) is 28.8 Å². The second-order valence-electron chi connectivity index (χ2n) is 5.60. The topological polar surface area (TPSA) is 43.6 Å². The highest BCUT2D eigenvalue weighted by Gasteiger charge is 2.31. The molecule has 3 aromatic heterocycles. The van der Waals surface area contributed by atoms with Crippen LogP contribution in [-0.2, 0) is 13.2 Å². The fourth-order valence-corrected chi connectivity index (χ4v) is 3.30. The van der Waals surface area contributed by atoms with Crippen molar-refractivity contribution in [2.75, 3.05) is 0 Å². The largest absolute Gasteiger partial charge is 0.417 e. The Labute approximate surface area is 141 Å². The fraction of sp³-hybridized carbons (Fsp3) is 0.312. The van der Waals surface area contributed by atoms with Gasteiger partial charge in [-0.05, 0) is 12.1 Å². The smallest absolute Gasteiger partial charge is 0.312 e. The van der Waals surface area contributed by atoms with Gasteiger partial charge in [-0.2, -0.15) is 13.2 Å². The quantitative estimate of drug-likeness (QED) is 0.649. The molecule has 0 bridgehead atoms. The molecule has 3 rings (SSSR count). The first kappa shape index (κ1) is 16.8. The van der Waals surface area contributed by atoms with E-state index >= 15 is 0 Å². The average Bonchev–Trinajstić information content (AvgIpc) is 2.83. The maximum absolute atomic E-state index is 12.9. The van der Waals surface area contributed by atoms with E-state index in [1.165, 1.54) is 0 Å². The molecule has 126 valence electrons. The van der Waals surface area contributed by atoms with Gasteiger partial charge in [0.1, 0.15) is 11.3 Å². The minimum atomic E-state index is -4.44. The van der Waals surface area contributed by atoms with E-state index in [0.29, 0.717) is 16.7 Å². The van der Waals surface area contributed by atoms with Crippen LogP contribution >= 0.6 is 11.8 Å². The van der Waals surface area contributed by atoms with Crippen molar-refractivity contribution in [3.63, 3.8) is 0 Å². The highest BCUT2D eigenvalue weighted by Crippen LogP contribution is 2.35. The summed E-state index contributed by atoms with van der Waals surface area (Å²) in [5.74, 6) is 0.572. The van der Waals surface area contributed by atoms with Gasteiger partial charge in [-0.1, -0.05) is 13.8 Å². The van der Waals surface area contributed by atoms with Crippen LogP contribution in [0, 0.1) is 0 Å². The third kappa shape index (κ3) is 3.10. The van der Waals surface area contributed by atoms with E-state index < -0.39 is 11.7 Å². The van der Waals surface area contributed by atoms with Gasteiger partial charge in [-0.3, -0.25) is 4.98 Å². The molecule has 3 heterocycles. The number of nitrogens with zero attached hydrogens (tertiary/aromatic N) is 4. The van der Waals surface area contributed by atoms with Gasteiger partial charge < -0.3 is 4.57 Å². The second kappa shape index (κ2) is 6.08. The van der Waals surface area contributed by atoms with Gasteiger partial charge in [-0.25, -0.2) is 9.97 Å². The summed E-state index contributed by atoms with van der Waals surface area (Å²) in [7, 11) is 1.75. The van der Waals surface area contributed by atoms with Gasteiger partial charge in [0.05, 0.1) is 5.56 Å². The molecule has 0 saturated heterocycles. The number of hydrogen-bond acceptors (Lipinski definition) is 4. The predicted octanol–water partition coefficient (Wildman–Crippen LogP) is 4.55. The molecule has 0 spiro atoms. The van der Waals surface area contributed by atoms with Crippen LogP contribution in [0.3, 0.4) is 0 Å². The highest BCUT2D eigenvalue weighted by molar-refractivity contribution is 8.00. The Morgan fingerprint density at radius 1 is 1.21 bits per heavy atom. The number of pyridine rings is 2. The van der Waals surface area contributed by atoms with E-state index in [1.54, 1.807) is 35.8 Å². The normalized spacial score (nSPS) is 12.3. The maximum atomic E-state index is 12.9. The molecule has 0 radical (unpaired) electrons. The van der Waals surface area contributed by atoms with Gasteiger partial charge >= 0.3 is 6.18 Å². The first-order chi connectivity index (χ1) is 11.3. The zero-order valence-electron chi connectivity index (χ0n) is 13.3. The Morgan fingerprint density at radius 3 is 2.62 bits per heavy atom. The zero-order chi connectivity index (χ0) is 17.5. The lowest BCUT2D eigenvalue weighted by atomic mass is 10.2. The molecule has 8 heteroatoms. The van der Waals surface area contributed by atoms with Gasteiger partial charge in [0.2, 0.25) is 0 Å². The summed E-state index contributed by atoms with van der Waals surface area (Å²) in [5, 5.41) is 0.345. The molecule has 0 fully saturated rings. The van der Waals surface area contributed by atoms with Crippen molar-refractivity contribution in [3.8, 4) is 11.4 Å². The van der Waals surface area contributed by atoms with Crippen LogP contribution in [0.2, 0.25) is 0 Å². The number of aromatic nitrogens is 4. The summed E-state index contributed by atoms with van der Waals surface area (Å²) in [5.41, 5.74) is 0.666. The molecule has 4 nitrogen and oxygen atoms in total. The van der Waals surface area contributed by atoms with Crippen LogP contribution < -0.4 is 0 Å². The average molecular weight is 352 g/mol. The number of rotatable bonds is 3. The summed E-state index contributed by atoms with van der Waals surface area (Å²) >= 11 is 1.63. The lowest BCUT2D eigenvalue weighted by molar-refractivity contribution is -0.137. The molecule has 0 unspecified atom stereocenters. The number of thioether (sulfide) groups is 1. The Balaban J connectivity index is 2.16. The molecular formula is C16H15F3N4S. The Hall–Kier alpha value is -2.09. The van der Waals surface area contributed by atoms with Crippen LogP contribution in [0.1, 0.15) is 19.4 Å². The molecule has 0 aliphatic carbocycles. The first-order valence-electron chi connectivity index (χ1n) is 7.28. The Kier molecular flexibility index (Phi) is 4.25. The first-order valence-corrected chi connectivity index (χ1v) is 8.16. The number of halogens is 3. The third-order valence-corrected chi connectivity index (χ3v) is 4.48. The van der Waals surface area contributed by atoms with Crippen molar-refractivity contribution < 1.29 is 13.2 Å². The summed E-state index contributed by atoms with van der Waals surface area (Å²) < 4.78 is 40.3. The van der Waals surface area contributed by atoms with Crippen molar-refractivity contribution in [1.29, 1.82) is 0 Å². The zero-order valence-corrected chi connectivity index (χ0v) is 14.1. The number of alkyl halides is 3. The second-order valence-corrected chi connectivity index (χ2v) is 7.22. The van der Waals surface area contributed by atoms with E-state index in [9.17, 15) is 13.2 Å². The van der Waals surface area contributed by atoms with Gasteiger partial charge in [0.15, 0.2) is 5.65 Å². The van der Waals surface area contributed by atoms with E-state index in [0.717, 1.165) is 22.7 Å². The van der Waals surface area contributed by atoms with Crippen molar-refractivity contribution in [2.24, 2.45) is 7.05 Å². The van der Waals surface area contributed by atoms with Crippen molar-refractivity contribution in [3.05, 3.63) is 36.3 Å². The molecule has 0 aliphatic rings. The lowest BCUT2D eigenvalue weighted by Gasteiger charge is -2.10. The lowest BCUT2D eigenvalue weighted by Crippen LogP contribution is -2.05. The van der Waals surface area contributed by atoms with E-state index in [1.807, 2.05) is 6.07 Å². The Morgan fingerprint density at radius 2 is 1.96 bits per heavy atom. The number of fused-ring (bicyclic) bond motifs is 1. The number of hydrogen-bond donors (Lipinski definition) is 0. The minimum Gasteiger partial charge on any atom is -0.312 e.